The predicted octanol–water partition coefficient (Wildman–Crippen LogP) is 4.23. The number of aliphatic hydroxyl groups excluding tert-OH is 1. The van der Waals surface area contributed by atoms with E-state index in [9.17, 15) is 5.11 Å². The van der Waals surface area contributed by atoms with Crippen molar-refractivity contribution >= 4 is 23.2 Å². The van der Waals surface area contributed by atoms with E-state index in [1.54, 1.807) is 30.6 Å². The normalized spacial score (nSPS) is 12.4. The summed E-state index contributed by atoms with van der Waals surface area (Å²) in [5, 5.41) is 11.6. The van der Waals surface area contributed by atoms with Crippen molar-refractivity contribution in [2.75, 3.05) is 0 Å². The number of aryl methyl sites for hydroxylation is 1. The first kappa shape index (κ1) is 14.3. The van der Waals surface area contributed by atoms with Crippen LogP contribution in [-0.4, -0.2) is 10.1 Å². The van der Waals surface area contributed by atoms with Crippen LogP contribution in [0.4, 0.5) is 0 Å². The average molecular weight is 296 g/mol. The van der Waals surface area contributed by atoms with E-state index in [0.717, 1.165) is 23.1 Å². The van der Waals surface area contributed by atoms with E-state index in [2.05, 4.69) is 4.98 Å². The molecule has 0 aliphatic rings. The SMILES string of the molecule is CCc1cnccc1C(O)Cc1cc(Cl)ccc1Cl. The monoisotopic (exact) mass is 295 g/mol. The molecule has 0 amide bonds. The number of benzene rings is 1. The molecule has 0 aliphatic carbocycles. The van der Waals surface area contributed by atoms with E-state index in [0.29, 0.717) is 16.5 Å². The van der Waals surface area contributed by atoms with Crippen molar-refractivity contribution in [3.8, 4) is 0 Å². The van der Waals surface area contributed by atoms with Gasteiger partial charge < -0.3 is 5.11 Å². The molecule has 4 heteroatoms. The Balaban J connectivity index is 2.25. The van der Waals surface area contributed by atoms with Crippen molar-refractivity contribution in [2.45, 2.75) is 25.9 Å². The maximum atomic E-state index is 10.4. The number of aliphatic hydroxyl groups is 1. The van der Waals surface area contributed by atoms with Gasteiger partial charge in [0.1, 0.15) is 0 Å². The smallest absolute Gasteiger partial charge is 0.0834 e. The molecule has 1 aromatic heterocycles. The van der Waals surface area contributed by atoms with Crippen LogP contribution in [0.1, 0.15) is 29.7 Å². The van der Waals surface area contributed by atoms with Crippen LogP contribution in [0.5, 0.6) is 0 Å². The van der Waals surface area contributed by atoms with Gasteiger partial charge in [0, 0.05) is 28.9 Å². The van der Waals surface area contributed by atoms with E-state index in [1.807, 2.05) is 13.0 Å². The third-order valence-electron chi connectivity index (χ3n) is 3.10. The highest BCUT2D eigenvalue weighted by Gasteiger charge is 2.14. The largest absolute Gasteiger partial charge is 0.388 e. The standard InChI is InChI=1S/C15H15Cl2NO/c1-2-10-9-18-6-5-13(10)15(19)8-11-7-12(16)3-4-14(11)17/h3-7,9,15,19H,2,8H2,1H3. The Labute approximate surface area is 123 Å². The van der Waals surface area contributed by atoms with Crippen LogP contribution < -0.4 is 0 Å². The van der Waals surface area contributed by atoms with Gasteiger partial charge >= 0.3 is 0 Å². The second-order valence-electron chi connectivity index (χ2n) is 4.38. The van der Waals surface area contributed by atoms with Gasteiger partial charge in [-0.1, -0.05) is 30.1 Å². The minimum atomic E-state index is -0.603. The molecule has 2 nitrogen and oxygen atoms in total. The molecule has 0 radical (unpaired) electrons. The first-order chi connectivity index (χ1) is 9.11. The van der Waals surface area contributed by atoms with Crippen molar-refractivity contribution in [1.82, 2.24) is 4.98 Å². The zero-order chi connectivity index (χ0) is 13.8. The number of hydrogen-bond donors (Lipinski definition) is 1. The zero-order valence-electron chi connectivity index (χ0n) is 10.6. The van der Waals surface area contributed by atoms with Gasteiger partial charge in [-0.3, -0.25) is 4.98 Å². The fourth-order valence-corrected chi connectivity index (χ4v) is 2.47. The Kier molecular flexibility index (Phi) is 4.81. The maximum absolute atomic E-state index is 10.4. The Morgan fingerprint density at radius 1 is 1.21 bits per heavy atom. The molecule has 0 bridgehead atoms. The van der Waals surface area contributed by atoms with Crippen LogP contribution in [0.3, 0.4) is 0 Å². The van der Waals surface area contributed by atoms with Crippen molar-refractivity contribution < 1.29 is 5.11 Å². The van der Waals surface area contributed by atoms with Gasteiger partial charge in [0.25, 0.3) is 0 Å². The van der Waals surface area contributed by atoms with E-state index in [4.69, 9.17) is 23.2 Å². The summed E-state index contributed by atoms with van der Waals surface area (Å²) >= 11 is 12.1. The molecule has 100 valence electrons. The van der Waals surface area contributed by atoms with Crippen molar-refractivity contribution in [2.24, 2.45) is 0 Å². The number of pyridine rings is 1. The quantitative estimate of drug-likeness (QED) is 0.916. The van der Waals surface area contributed by atoms with Gasteiger partial charge in [-0.15, -0.1) is 0 Å². The Morgan fingerprint density at radius 3 is 2.74 bits per heavy atom. The Bertz CT molecular complexity index is 572. The highest BCUT2D eigenvalue weighted by atomic mass is 35.5. The average Bonchev–Trinajstić information content (AvgIpc) is 2.42. The molecule has 19 heavy (non-hydrogen) atoms. The van der Waals surface area contributed by atoms with Gasteiger partial charge in [0.15, 0.2) is 0 Å². The summed E-state index contributed by atoms with van der Waals surface area (Å²) < 4.78 is 0. The fourth-order valence-electron chi connectivity index (χ4n) is 2.08. The number of rotatable bonds is 4. The molecule has 0 saturated heterocycles. The number of aromatic nitrogens is 1. The topological polar surface area (TPSA) is 33.1 Å². The summed E-state index contributed by atoms with van der Waals surface area (Å²) in [5.74, 6) is 0. The number of nitrogens with zero attached hydrogens (tertiary/aromatic N) is 1. The van der Waals surface area contributed by atoms with Crippen LogP contribution >= 0.6 is 23.2 Å². The molecule has 2 aromatic rings. The fraction of sp³-hybridized carbons (Fsp3) is 0.267. The van der Waals surface area contributed by atoms with Gasteiger partial charge in [-0.05, 0) is 47.4 Å². The molecule has 1 heterocycles. The van der Waals surface area contributed by atoms with E-state index >= 15 is 0 Å². The molecular weight excluding hydrogens is 281 g/mol. The summed E-state index contributed by atoms with van der Waals surface area (Å²) in [5.41, 5.74) is 2.79. The lowest BCUT2D eigenvalue weighted by Gasteiger charge is -2.15. The molecule has 1 N–H and O–H groups in total. The van der Waals surface area contributed by atoms with E-state index in [1.165, 1.54) is 0 Å². The zero-order valence-corrected chi connectivity index (χ0v) is 12.1. The van der Waals surface area contributed by atoms with Gasteiger partial charge in [-0.2, -0.15) is 0 Å². The van der Waals surface area contributed by atoms with Gasteiger partial charge in [0.2, 0.25) is 0 Å². The molecule has 0 saturated carbocycles. The molecule has 1 aromatic carbocycles. The van der Waals surface area contributed by atoms with E-state index < -0.39 is 6.10 Å². The Morgan fingerprint density at radius 2 is 2.00 bits per heavy atom. The minimum absolute atomic E-state index is 0.441. The van der Waals surface area contributed by atoms with Gasteiger partial charge in [0.05, 0.1) is 6.10 Å². The second-order valence-corrected chi connectivity index (χ2v) is 5.23. The molecular formula is C15H15Cl2NO. The third kappa shape index (κ3) is 3.47. The summed E-state index contributed by atoms with van der Waals surface area (Å²) in [7, 11) is 0. The summed E-state index contributed by atoms with van der Waals surface area (Å²) in [6, 6.07) is 7.13. The van der Waals surface area contributed by atoms with Crippen LogP contribution in [0, 0.1) is 0 Å². The van der Waals surface area contributed by atoms with Crippen molar-refractivity contribution in [3.63, 3.8) is 0 Å². The highest BCUT2D eigenvalue weighted by Crippen LogP contribution is 2.27. The second kappa shape index (κ2) is 6.38. The van der Waals surface area contributed by atoms with Crippen LogP contribution in [0.15, 0.2) is 36.7 Å². The molecule has 0 aliphatic heterocycles. The number of halogens is 2. The summed E-state index contributed by atoms with van der Waals surface area (Å²) in [4.78, 5) is 4.08. The Hall–Kier alpha value is -1.09. The predicted molar refractivity (Wildman–Crippen MR) is 78.7 cm³/mol. The highest BCUT2D eigenvalue weighted by molar-refractivity contribution is 6.33. The maximum Gasteiger partial charge on any atom is 0.0834 e. The van der Waals surface area contributed by atoms with Gasteiger partial charge in [-0.25, -0.2) is 0 Å². The lowest BCUT2D eigenvalue weighted by molar-refractivity contribution is 0.177. The molecule has 2 rings (SSSR count). The molecule has 1 unspecified atom stereocenters. The minimum Gasteiger partial charge on any atom is -0.388 e. The van der Waals surface area contributed by atoms with Crippen LogP contribution in [0.2, 0.25) is 10.0 Å². The number of hydrogen-bond acceptors (Lipinski definition) is 2. The first-order valence-electron chi connectivity index (χ1n) is 6.16. The van der Waals surface area contributed by atoms with Crippen LogP contribution in [0.25, 0.3) is 0 Å². The lowest BCUT2D eigenvalue weighted by Crippen LogP contribution is -2.06. The van der Waals surface area contributed by atoms with Crippen molar-refractivity contribution in [1.29, 1.82) is 0 Å². The summed E-state index contributed by atoms with van der Waals surface area (Å²) in [6.07, 6.45) is 4.16. The van der Waals surface area contributed by atoms with E-state index in [-0.39, 0.29) is 0 Å². The molecule has 0 fully saturated rings. The van der Waals surface area contributed by atoms with Crippen LogP contribution in [-0.2, 0) is 12.8 Å². The lowest BCUT2D eigenvalue weighted by atomic mass is 9.97. The molecule has 1 atom stereocenters. The molecule has 0 spiro atoms. The first-order valence-corrected chi connectivity index (χ1v) is 6.92. The van der Waals surface area contributed by atoms with Crippen molar-refractivity contribution in [3.05, 3.63) is 63.4 Å². The third-order valence-corrected chi connectivity index (χ3v) is 3.71. The summed E-state index contributed by atoms with van der Waals surface area (Å²) in [6.45, 7) is 2.04.